The zero-order valence-corrected chi connectivity index (χ0v) is 31.3. The predicted molar refractivity (Wildman–Crippen MR) is 172 cm³/mol. The number of fused-ring (bicyclic) bond motifs is 1. The summed E-state index contributed by atoms with van der Waals surface area (Å²) in [6.07, 6.45) is -7.25. The molecule has 3 aromatic heterocycles. The van der Waals surface area contributed by atoms with Crippen LogP contribution in [0.5, 0.6) is 0 Å². The lowest BCUT2D eigenvalue weighted by atomic mass is 10.1. The summed E-state index contributed by atoms with van der Waals surface area (Å²) < 4.78 is 74.7. The van der Waals surface area contributed by atoms with Gasteiger partial charge >= 0.3 is 36.1 Å². The Bertz CT molecular complexity index is 2100. The number of hydrogen-bond donors (Lipinski definition) is 2. The molecule has 3 aromatic rings. The molecule has 0 amide bonds. The van der Waals surface area contributed by atoms with Crippen molar-refractivity contribution in [1.82, 2.24) is 19.5 Å². The molecule has 10 atom stereocenters. The van der Waals surface area contributed by atoms with E-state index in [1.54, 1.807) is 0 Å². The molecular formula is C29H33N6O19P2-. The van der Waals surface area contributed by atoms with Crippen LogP contribution in [0.1, 0.15) is 50.5 Å². The maximum atomic E-state index is 12.8. The number of carbonyl (C=O) groups excluding carboxylic acids is 4. The number of hydrogen-bond acceptors (Lipinski definition) is 22. The van der Waals surface area contributed by atoms with E-state index in [0.717, 1.165) is 44.8 Å². The molecular weight excluding hydrogens is 798 g/mol. The number of rotatable bonds is 15. The number of aromatic nitrogens is 5. The molecule has 0 saturated carbocycles. The zero-order chi connectivity index (χ0) is 41.1. The Balaban J connectivity index is 1.31. The van der Waals surface area contributed by atoms with Crippen molar-refractivity contribution in [3.63, 3.8) is 0 Å². The summed E-state index contributed by atoms with van der Waals surface area (Å²) >= 11 is 0. The highest BCUT2D eigenvalue weighted by molar-refractivity contribution is 7.59. The fourth-order valence-corrected chi connectivity index (χ4v) is 7.80. The number of ether oxygens (including phenoxy) is 6. The number of phosphoric acid groups is 2. The second-order valence-electron chi connectivity index (χ2n) is 11.9. The van der Waals surface area contributed by atoms with Crippen LogP contribution in [0, 0.1) is 0 Å². The van der Waals surface area contributed by atoms with Gasteiger partial charge in [0.1, 0.15) is 29.6 Å². The molecule has 0 radical (unpaired) electrons. The average Bonchev–Trinajstić information content (AvgIpc) is 3.76. The molecule has 4 unspecified atom stereocenters. The van der Waals surface area contributed by atoms with Gasteiger partial charge in [0.2, 0.25) is 6.10 Å². The Morgan fingerprint density at radius 2 is 1.38 bits per heavy atom. The number of anilines is 1. The van der Waals surface area contributed by atoms with Crippen molar-refractivity contribution >= 4 is 62.5 Å². The molecule has 0 aliphatic carbocycles. The van der Waals surface area contributed by atoms with Crippen molar-refractivity contribution in [1.29, 1.82) is 0 Å². The predicted octanol–water partition coefficient (Wildman–Crippen LogP) is -1.40. The summed E-state index contributed by atoms with van der Waals surface area (Å²) in [7, 11) is -11.8. The van der Waals surface area contributed by atoms with Gasteiger partial charge in [-0.2, -0.15) is 4.57 Å². The van der Waals surface area contributed by atoms with Gasteiger partial charge in [0, 0.05) is 33.8 Å². The maximum absolute atomic E-state index is 12.8. The lowest BCUT2D eigenvalue weighted by Crippen LogP contribution is -2.48. The molecule has 0 bridgehead atoms. The van der Waals surface area contributed by atoms with Crippen LogP contribution in [-0.4, -0.2) is 104 Å². The van der Waals surface area contributed by atoms with Gasteiger partial charge in [0.05, 0.1) is 19.5 Å². The van der Waals surface area contributed by atoms with E-state index < -0.39 is 108 Å². The molecule has 3 N–H and O–H groups in total. The Morgan fingerprint density at radius 3 is 1.95 bits per heavy atom. The monoisotopic (exact) mass is 831 g/mol. The molecule has 25 nitrogen and oxygen atoms in total. The number of carboxylic acids is 1. The first-order valence-corrected chi connectivity index (χ1v) is 19.0. The van der Waals surface area contributed by atoms with Crippen LogP contribution in [-0.2, 0) is 70.1 Å². The smallest absolute Gasteiger partial charge is 0.341 e. The van der Waals surface area contributed by atoms with Gasteiger partial charge in [0.15, 0.2) is 48.4 Å². The normalized spacial score (nSPS) is 26.8. The summed E-state index contributed by atoms with van der Waals surface area (Å²) in [6, 6.07) is 2.56. The molecule has 5 rings (SSSR count). The molecule has 2 saturated heterocycles. The standard InChI is InChI=1S/C29H34N6O19P2/c1-13(36)48-21-18(52-27(23(21)50-15(3)38)34-7-5-6-17(8-34)29(40)41)9-46-55(42,43)54-56(44,45)47-10-19-22(49-14(2)37)24(51-16(4)39)28(53-19)35-12-33-20-25(30)31-11-32-26(20)35/h5-8,11-12,18-19,21-24,27-28H,9-10H2,1-4H3,(H4-,30,31,32,40,41,42,43,44,45)/p-1/t18-,19-,21?,22?,23+,24+,27-,28-/m1/s1. The first-order valence-electron chi connectivity index (χ1n) is 16.0. The molecule has 2 aliphatic rings. The van der Waals surface area contributed by atoms with E-state index in [-0.39, 0.29) is 22.5 Å². The van der Waals surface area contributed by atoms with Gasteiger partial charge in [0.25, 0.3) is 15.6 Å². The van der Waals surface area contributed by atoms with E-state index in [4.69, 9.17) is 43.2 Å². The number of nitrogens with two attached hydrogens (primary N) is 1. The Kier molecular flexibility index (Phi) is 12.8. The van der Waals surface area contributed by atoms with E-state index >= 15 is 0 Å². The lowest BCUT2D eigenvalue weighted by molar-refractivity contribution is -0.765. The number of aromatic carboxylic acids is 1. The quantitative estimate of drug-likeness (QED) is 0.0770. The van der Waals surface area contributed by atoms with Crippen LogP contribution in [0.2, 0.25) is 0 Å². The number of phosphoric ester groups is 2. The lowest BCUT2D eigenvalue weighted by Gasteiger charge is -2.32. The Hall–Kier alpha value is -4.97. The first-order chi connectivity index (χ1) is 26.2. The summed E-state index contributed by atoms with van der Waals surface area (Å²) in [6.45, 7) is 1.88. The van der Waals surface area contributed by atoms with E-state index in [9.17, 15) is 48.0 Å². The van der Waals surface area contributed by atoms with Gasteiger partial charge in [-0.05, 0) is 6.07 Å². The number of pyridine rings is 1. The maximum Gasteiger partial charge on any atom is 0.341 e. The van der Waals surface area contributed by atoms with Gasteiger partial charge in [-0.15, -0.1) is 0 Å². The van der Waals surface area contributed by atoms with E-state index in [1.165, 1.54) is 29.2 Å². The second-order valence-corrected chi connectivity index (χ2v) is 14.9. The van der Waals surface area contributed by atoms with Crippen molar-refractivity contribution in [2.45, 2.75) is 76.8 Å². The molecule has 56 heavy (non-hydrogen) atoms. The summed E-state index contributed by atoms with van der Waals surface area (Å²) in [5.41, 5.74) is 5.84. The van der Waals surface area contributed by atoms with E-state index in [1.807, 2.05) is 0 Å². The van der Waals surface area contributed by atoms with Crippen molar-refractivity contribution in [3.8, 4) is 0 Å². The van der Waals surface area contributed by atoms with Gasteiger partial charge in [-0.1, -0.05) is 0 Å². The van der Waals surface area contributed by atoms with E-state index in [0.29, 0.717) is 0 Å². The minimum Gasteiger partial charge on any atom is -0.756 e. The van der Waals surface area contributed by atoms with Crippen LogP contribution < -0.4 is 20.1 Å². The van der Waals surface area contributed by atoms with Gasteiger partial charge in [-0.25, -0.2) is 24.1 Å². The number of esters is 4. The Labute approximate surface area is 314 Å². The molecule has 2 aliphatic heterocycles. The average molecular weight is 832 g/mol. The molecule has 2 fully saturated rings. The van der Waals surface area contributed by atoms with Gasteiger partial charge < -0.3 is 58.1 Å². The van der Waals surface area contributed by atoms with E-state index in [2.05, 4.69) is 19.3 Å². The second kappa shape index (κ2) is 17.0. The fraction of sp³-hybridized carbons (Fsp3) is 0.483. The number of carbonyl (C=O) groups is 5. The first kappa shape index (κ1) is 42.2. The number of imidazole rings is 1. The van der Waals surface area contributed by atoms with Crippen molar-refractivity contribution < 1.29 is 94.3 Å². The van der Waals surface area contributed by atoms with Gasteiger partial charge in [-0.3, -0.25) is 32.9 Å². The highest BCUT2D eigenvalue weighted by Crippen LogP contribution is 2.56. The third kappa shape index (κ3) is 10.1. The highest BCUT2D eigenvalue weighted by atomic mass is 31.3. The molecule has 304 valence electrons. The summed E-state index contributed by atoms with van der Waals surface area (Å²) in [5, 5.41) is 9.41. The minimum atomic E-state index is -5.90. The number of nitrogen functional groups attached to an aromatic ring is 1. The van der Waals surface area contributed by atoms with Crippen LogP contribution >= 0.6 is 15.6 Å². The van der Waals surface area contributed by atoms with Crippen LogP contribution in [0.4, 0.5) is 5.82 Å². The van der Waals surface area contributed by atoms with Crippen molar-refractivity contribution in [2.24, 2.45) is 0 Å². The summed E-state index contributed by atoms with van der Waals surface area (Å²) in [4.78, 5) is 97.3. The fourth-order valence-electron chi connectivity index (χ4n) is 5.78. The van der Waals surface area contributed by atoms with Crippen LogP contribution in [0.15, 0.2) is 37.2 Å². The number of nitrogens with zero attached hydrogens (tertiary/aromatic N) is 5. The zero-order valence-electron chi connectivity index (χ0n) is 29.5. The Morgan fingerprint density at radius 1 is 0.839 bits per heavy atom. The highest BCUT2D eigenvalue weighted by Gasteiger charge is 2.55. The molecule has 0 aromatic carbocycles. The van der Waals surface area contributed by atoms with Crippen molar-refractivity contribution in [3.05, 3.63) is 42.7 Å². The number of carboxylic acid groups (broad SMARTS) is 1. The third-order valence-corrected chi connectivity index (χ3v) is 10.3. The molecule has 5 heterocycles. The molecule has 0 spiro atoms. The minimum absolute atomic E-state index is 0.0178. The molecule has 27 heteroatoms. The topological polar surface area (TPSA) is 342 Å². The van der Waals surface area contributed by atoms with Crippen molar-refractivity contribution in [2.75, 3.05) is 18.9 Å². The van der Waals surface area contributed by atoms with Crippen LogP contribution in [0.25, 0.3) is 11.2 Å². The SMILES string of the molecule is CC(=O)OC1[C@@H](COP(=O)([O-])OP(=O)([O-])OC[C@H]2O[C@@H]([n+]3cccc(C(=O)O)c3)[C@@H](OC(C)=O)C2OC(C)=O)O[C@@H](n2cnc3c(N)ncnc32)[C@H]1OC(C)=O. The third-order valence-electron chi connectivity index (χ3n) is 7.80. The van der Waals surface area contributed by atoms with Crippen LogP contribution in [0.3, 0.4) is 0 Å². The largest absolute Gasteiger partial charge is 0.756 e. The summed E-state index contributed by atoms with van der Waals surface area (Å²) in [5.74, 6) is -4.93.